The Kier molecular flexibility index (Phi) is 3.49. The Hall–Kier alpha value is -1.75. The fourth-order valence-corrected chi connectivity index (χ4v) is 1.50. The van der Waals surface area contributed by atoms with Crippen LogP contribution >= 0.6 is 0 Å². The van der Waals surface area contributed by atoms with Crippen LogP contribution < -0.4 is 5.32 Å². The third-order valence-corrected chi connectivity index (χ3v) is 2.36. The van der Waals surface area contributed by atoms with Gasteiger partial charge in [0.05, 0.1) is 5.69 Å². The normalized spacial score (nSPS) is 10.8. The third kappa shape index (κ3) is 2.68. The zero-order valence-corrected chi connectivity index (χ0v) is 9.45. The maximum absolute atomic E-state index is 13.5. The molecule has 0 amide bonds. The van der Waals surface area contributed by atoms with Crippen LogP contribution in [0.1, 0.15) is 12.6 Å². The number of nitrogens with one attached hydrogen (secondary N) is 1. The van der Waals surface area contributed by atoms with Crippen LogP contribution in [0.15, 0.2) is 30.5 Å². The summed E-state index contributed by atoms with van der Waals surface area (Å²) < 4.78 is 27.8. The third-order valence-electron chi connectivity index (χ3n) is 2.36. The van der Waals surface area contributed by atoms with Crippen LogP contribution in [0.3, 0.4) is 0 Å². The number of hydrogen-bond acceptors (Lipinski definition) is 2. The Morgan fingerprint density at radius 3 is 2.88 bits per heavy atom. The van der Waals surface area contributed by atoms with Gasteiger partial charge in [-0.2, -0.15) is 5.10 Å². The van der Waals surface area contributed by atoms with E-state index < -0.39 is 11.6 Å². The van der Waals surface area contributed by atoms with Crippen molar-refractivity contribution in [3.8, 4) is 5.69 Å². The van der Waals surface area contributed by atoms with E-state index in [4.69, 9.17) is 0 Å². The number of rotatable bonds is 4. The van der Waals surface area contributed by atoms with E-state index in [2.05, 4.69) is 10.4 Å². The van der Waals surface area contributed by atoms with Gasteiger partial charge in [0, 0.05) is 18.8 Å². The average Bonchev–Trinajstić information content (AvgIpc) is 2.78. The van der Waals surface area contributed by atoms with Crippen LogP contribution in [-0.2, 0) is 6.54 Å². The number of aromatic nitrogens is 2. The SMILES string of the molecule is CCNCc1ccn(-c2cc(F)ccc2F)n1. The zero-order chi connectivity index (χ0) is 12.3. The minimum atomic E-state index is -0.496. The Morgan fingerprint density at radius 2 is 2.12 bits per heavy atom. The molecule has 0 unspecified atom stereocenters. The first-order valence-corrected chi connectivity index (χ1v) is 5.41. The maximum Gasteiger partial charge on any atom is 0.149 e. The second kappa shape index (κ2) is 5.05. The van der Waals surface area contributed by atoms with Gasteiger partial charge in [-0.05, 0) is 24.7 Å². The Bertz CT molecular complexity index is 508. The first kappa shape index (κ1) is 11.7. The van der Waals surface area contributed by atoms with E-state index in [1.807, 2.05) is 6.92 Å². The van der Waals surface area contributed by atoms with Crippen molar-refractivity contribution < 1.29 is 8.78 Å². The average molecular weight is 237 g/mol. The summed E-state index contributed by atoms with van der Waals surface area (Å²) >= 11 is 0. The Balaban J connectivity index is 2.27. The predicted molar refractivity (Wildman–Crippen MR) is 60.9 cm³/mol. The highest BCUT2D eigenvalue weighted by Gasteiger charge is 2.07. The molecule has 0 aliphatic rings. The molecule has 2 rings (SSSR count). The van der Waals surface area contributed by atoms with Gasteiger partial charge in [-0.3, -0.25) is 0 Å². The van der Waals surface area contributed by atoms with E-state index in [9.17, 15) is 8.78 Å². The van der Waals surface area contributed by atoms with E-state index in [1.54, 1.807) is 12.3 Å². The van der Waals surface area contributed by atoms with Gasteiger partial charge in [-0.15, -0.1) is 0 Å². The predicted octanol–water partition coefficient (Wildman–Crippen LogP) is 2.26. The second-order valence-electron chi connectivity index (χ2n) is 3.63. The molecule has 0 fully saturated rings. The molecular formula is C12H13F2N3. The lowest BCUT2D eigenvalue weighted by molar-refractivity contribution is 0.585. The molecule has 90 valence electrons. The van der Waals surface area contributed by atoms with Crippen molar-refractivity contribution in [2.45, 2.75) is 13.5 Å². The highest BCUT2D eigenvalue weighted by atomic mass is 19.1. The quantitative estimate of drug-likeness (QED) is 0.884. The molecule has 0 saturated carbocycles. The molecule has 0 aliphatic carbocycles. The summed E-state index contributed by atoms with van der Waals surface area (Å²) in [6.45, 7) is 3.44. The van der Waals surface area contributed by atoms with Crippen molar-refractivity contribution in [2.24, 2.45) is 0 Å². The molecule has 2 aromatic rings. The van der Waals surface area contributed by atoms with Crippen molar-refractivity contribution in [1.82, 2.24) is 15.1 Å². The molecule has 0 radical (unpaired) electrons. The molecule has 17 heavy (non-hydrogen) atoms. The van der Waals surface area contributed by atoms with Gasteiger partial charge >= 0.3 is 0 Å². The lowest BCUT2D eigenvalue weighted by atomic mass is 10.3. The van der Waals surface area contributed by atoms with Gasteiger partial charge < -0.3 is 5.32 Å². The van der Waals surface area contributed by atoms with Crippen molar-refractivity contribution >= 4 is 0 Å². The van der Waals surface area contributed by atoms with Gasteiger partial charge in [0.25, 0.3) is 0 Å². The van der Waals surface area contributed by atoms with E-state index in [-0.39, 0.29) is 5.69 Å². The van der Waals surface area contributed by atoms with E-state index in [0.29, 0.717) is 6.54 Å². The summed E-state index contributed by atoms with van der Waals surface area (Å²) in [5.41, 5.74) is 0.906. The fourth-order valence-electron chi connectivity index (χ4n) is 1.50. The molecule has 3 nitrogen and oxygen atoms in total. The smallest absolute Gasteiger partial charge is 0.149 e. The second-order valence-corrected chi connectivity index (χ2v) is 3.63. The summed E-state index contributed by atoms with van der Waals surface area (Å²) in [6.07, 6.45) is 1.62. The first-order valence-electron chi connectivity index (χ1n) is 5.41. The molecular weight excluding hydrogens is 224 g/mol. The van der Waals surface area contributed by atoms with Gasteiger partial charge in [0.15, 0.2) is 0 Å². The standard InChI is InChI=1S/C12H13F2N3/c1-2-15-8-10-5-6-17(16-10)12-7-9(13)3-4-11(12)14/h3-7,15H,2,8H2,1H3. The summed E-state index contributed by atoms with van der Waals surface area (Å²) in [5.74, 6) is -0.977. The highest BCUT2D eigenvalue weighted by molar-refractivity contribution is 5.33. The minimum absolute atomic E-state index is 0.118. The topological polar surface area (TPSA) is 29.9 Å². The molecule has 1 N–H and O–H groups in total. The van der Waals surface area contributed by atoms with Crippen LogP contribution in [-0.4, -0.2) is 16.3 Å². The van der Waals surface area contributed by atoms with Crippen molar-refractivity contribution in [2.75, 3.05) is 6.54 Å². The summed E-state index contributed by atoms with van der Waals surface area (Å²) in [6, 6.07) is 5.07. The first-order chi connectivity index (χ1) is 8.20. The number of halogens is 2. The Labute approximate surface area is 98.1 Å². The molecule has 1 aromatic carbocycles. The van der Waals surface area contributed by atoms with Crippen molar-refractivity contribution in [1.29, 1.82) is 0 Å². The molecule has 1 aromatic heterocycles. The monoisotopic (exact) mass is 237 g/mol. The lowest BCUT2D eigenvalue weighted by Crippen LogP contribution is -2.12. The van der Waals surface area contributed by atoms with Crippen LogP contribution in [0.25, 0.3) is 5.69 Å². The van der Waals surface area contributed by atoms with Crippen LogP contribution in [0.5, 0.6) is 0 Å². The lowest BCUT2D eigenvalue weighted by Gasteiger charge is -2.03. The largest absolute Gasteiger partial charge is 0.311 e. The molecule has 0 bridgehead atoms. The maximum atomic E-state index is 13.5. The van der Waals surface area contributed by atoms with Gasteiger partial charge in [0.1, 0.15) is 17.3 Å². The van der Waals surface area contributed by atoms with Crippen LogP contribution in [0.4, 0.5) is 8.78 Å². The fraction of sp³-hybridized carbons (Fsp3) is 0.250. The summed E-state index contributed by atoms with van der Waals surface area (Å²) in [5, 5.41) is 7.28. The number of hydrogen-bond donors (Lipinski definition) is 1. The Morgan fingerprint density at radius 1 is 1.29 bits per heavy atom. The minimum Gasteiger partial charge on any atom is -0.311 e. The molecule has 0 atom stereocenters. The number of benzene rings is 1. The van der Waals surface area contributed by atoms with Gasteiger partial charge in [-0.25, -0.2) is 13.5 Å². The molecule has 0 spiro atoms. The van der Waals surface area contributed by atoms with E-state index in [1.165, 1.54) is 4.68 Å². The highest BCUT2D eigenvalue weighted by Crippen LogP contribution is 2.14. The molecule has 0 saturated heterocycles. The molecule has 5 heteroatoms. The van der Waals surface area contributed by atoms with E-state index in [0.717, 1.165) is 30.4 Å². The summed E-state index contributed by atoms with van der Waals surface area (Å²) in [7, 11) is 0. The molecule has 1 heterocycles. The summed E-state index contributed by atoms with van der Waals surface area (Å²) in [4.78, 5) is 0. The van der Waals surface area contributed by atoms with Crippen molar-refractivity contribution in [3.05, 3.63) is 47.8 Å². The van der Waals surface area contributed by atoms with E-state index >= 15 is 0 Å². The van der Waals surface area contributed by atoms with Gasteiger partial charge in [0.2, 0.25) is 0 Å². The van der Waals surface area contributed by atoms with Gasteiger partial charge in [-0.1, -0.05) is 6.92 Å². The van der Waals surface area contributed by atoms with Crippen LogP contribution in [0.2, 0.25) is 0 Å². The molecule has 0 aliphatic heterocycles. The van der Waals surface area contributed by atoms with Crippen molar-refractivity contribution in [3.63, 3.8) is 0 Å². The number of nitrogens with zero attached hydrogens (tertiary/aromatic N) is 2. The zero-order valence-electron chi connectivity index (χ0n) is 9.45. The van der Waals surface area contributed by atoms with Crippen LogP contribution in [0, 0.1) is 11.6 Å².